The van der Waals surface area contributed by atoms with Crippen LogP contribution >= 0.6 is 0 Å². The number of ether oxygens (including phenoxy) is 3. The van der Waals surface area contributed by atoms with Gasteiger partial charge in [0.05, 0.1) is 19.3 Å². The van der Waals surface area contributed by atoms with E-state index in [0.717, 1.165) is 0 Å². The van der Waals surface area contributed by atoms with Crippen LogP contribution in [0, 0.1) is 0 Å². The van der Waals surface area contributed by atoms with E-state index in [1.807, 2.05) is 0 Å². The molecule has 3 N–H and O–H groups in total. The first-order valence-electron chi connectivity index (χ1n) is 11.2. The minimum atomic E-state index is -0.788. The van der Waals surface area contributed by atoms with E-state index in [-0.39, 0.29) is 31.1 Å². The number of amides is 3. The number of nitrogens with two attached hydrogens (primary N) is 1. The maximum Gasteiger partial charge on any atom is 0.435 e. The Morgan fingerprint density at radius 1 is 1.06 bits per heavy atom. The predicted octanol–water partition coefficient (Wildman–Crippen LogP) is 1.24. The van der Waals surface area contributed by atoms with Crippen LogP contribution in [0.3, 0.4) is 0 Å². The highest BCUT2D eigenvalue weighted by Crippen LogP contribution is 2.15. The van der Waals surface area contributed by atoms with Gasteiger partial charge in [0, 0.05) is 24.2 Å². The summed E-state index contributed by atoms with van der Waals surface area (Å²) in [7, 11) is 0. The standard InChI is InChI=1S/C23H32N4O7/c1-4-32-19(28)14-34-18-10-12-27(13-11-18)22(30)15(3)25-21(29)17-8-6-16(7-9-17)20(24)26-23(31)33-5-2/h6-9,15,18H,4-5,10-14H2,1-3H3,(H,25,29)(H2,24,26,31)/t15-/m0/s1. The number of amidine groups is 1. The Bertz CT molecular complexity index is 893. The molecule has 2 rings (SSSR count). The summed E-state index contributed by atoms with van der Waals surface area (Å²) in [6.45, 7) is 6.36. The normalized spacial score (nSPS) is 15.4. The number of esters is 1. The van der Waals surface area contributed by atoms with Gasteiger partial charge in [0.15, 0.2) is 0 Å². The molecule has 186 valence electrons. The van der Waals surface area contributed by atoms with Crippen LogP contribution in [0.5, 0.6) is 0 Å². The minimum Gasteiger partial charge on any atom is -0.464 e. The summed E-state index contributed by atoms with van der Waals surface area (Å²) < 4.78 is 15.1. The van der Waals surface area contributed by atoms with E-state index in [4.69, 9.17) is 19.9 Å². The molecule has 1 aromatic carbocycles. The van der Waals surface area contributed by atoms with Gasteiger partial charge in [-0.2, -0.15) is 4.99 Å². The van der Waals surface area contributed by atoms with Crippen molar-refractivity contribution in [3.8, 4) is 0 Å². The van der Waals surface area contributed by atoms with Crippen molar-refractivity contribution in [2.75, 3.05) is 32.9 Å². The van der Waals surface area contributed by atoms with Gasteiger partial charge < -0.3 is 30.2 Å². The molecule has 0 saturated carbocycles. The third kappa shape index (κ3) is 8.14. The molecule has 0 bridgehead atoms. The second-order valence-corrected chi connectivity index (χ2v) is 7.61. The Morgan fingerprint density at radius 2 is 1.65 bits per heavy atom. The molecule has 1 aliphatic heterocycles. The Morgan fingerprint density at radius 3 is 2.24 bits per heavy atom. The number of likely N-dealkylation sites (tertiary alicyclic amines) is 1. The number of rotatable bonds is 9. The van der Waals surface area contributed by atoms with Crippen LogP contribution < -0.4 is 11.1 Å². The smallest absolute Gasteiger partial charge is 0.435 e. The van der Waals surface area contributed by atoms with Crippen molar-refractivity contribution in [1.29, 1.82) is 0 Å². The largest absolute Gasteiger partial charge is 0.464 e. The number of nitrogens with zero attached hydrogens (tertiary/aromatic N) is 2. The minimum absolute atomic E-state index is 0.0245. The molecule has 1 atom stereocenters. The number of aliphatic imine (C=N–C) groups is 1. The first-order chi connectivity index (χ1) is 16.2. The highest BCUT2D eigenvalue weighted by molar-refractivity contribution is 6.04. The number of piperidine rings is 1. The first-order valence-corrected chi connectivity index (χ1v) is 11.2. The average molecular weight is 477 g/mol. The fraction of sp³-hybridized carbons (Fsp3) is 0.522. The van der Waals surface area contributed by atoms with Crippen molar-refractivity contribution in [3.05, 3.63) is 35.4 Å². The second-order valence-electron chi connectivity index (χ2n) is 7.61. The summed E-state index contributed by atoms with van der Waals surface area (Å²) in [6.07, 6.45) is 0.296. The van der Waals surface area contributed by atoms with Gasteiger partial charge in [-0.15, -0.1) is 0 Å². The summed E-state index contributed by atoms with van der Waals surface area (Å²) in [6, 6.07) is 5.45. The number of carbonyl (C=O) groups excluding carboxylic acids is 4. The van der Waals surface area contributed by atoms with Crippen LogP contribution in [-0.4, -0.2) is 79.7 Å². The predicted molar refractivity (Wildman–Crippen MR) is 123 cm³/mol. The van der Waals surface area contributed by atoms with E-state index in [2.05, 4.69) is 10.3 Å². The van der Waals surface area contributed by atoms with E-state index < -0.39 is 24.0 Å². The Balaban J connectivity index is 1.83. The zero-order valence-corrected chi connectivity index (χ0v) is 19.7. The van der Waals surface area contributed by atoms with Crippen molar-refractivity contribution in [2.45, 2.75) is 45.8 Å². The van der Waals surface area contributed by atoms with Gasteiger partial charge >= 0.3 is 12.1 Å². The molecule has 0 aromatic heterocycles. The Hall–Kier alpha value is -3.47. The van der Waals surface area contributed by atoms with Crippen LogP contribution in [0.25, 0.3) is 0 Å². The molecule has 3 amide bonds. The lowest BCUT2D eigenvalue weighted by molar-refractivity contribution is -0.152. The summed E-state index contributed by atoms with van der Waals surface area (Å²) in [5.74, 6) is -1.04. The fourth-order valence-corrected chi connectivity index (χ4v) is 3.36. The first kappa shape index (κ1) is 26.8. The molecule has 0 unspecified atom stereocenters. The van der Waals surface area contributed by atoms with Crippen LogP contribution in [0.2, 0.25) is 0 Å². The number of hydrogen-bond donors (Lipinski definition) is 2. The van der Waals surface area contributed by atoms with Crippen LogP contribution in [-0.2, 0) is 23.8 Å². The number of benzene rings is 1. The summed E-state index contributed by atoms with van der Waals surface area (Å²) in [5, 5.41) is 2.70. The SMILES string of the molecule is CCOC(=O)COC1CCN(C(=O)[C@H](C)NC(=O)c2ccc(C(N)=NC(=O)OCC)cc2)CC1. The van der Waals surface area contributed by atoms with Gasteiger partial charge in [-0.25, -0.2) is 9.59 Å². The third-order valence-corrected chi connectivity index (χ3v) is 5.14. The summed E-state index contributed by atoms with van der Waals surface area (Å²) in [5.41, 5.74) is 6.57. The summed E-state index contributed by atoms with van der Waals surface area (Å²) >= 11 is 0. The van der Waals surface area contributed by atoms with Crippen molar-refractivity contribution in [1.82, 2.24) is 10.2 Å². The monoisotopic (exact) mass is 476 g/mol. The van der Waals surface area contributed by atoms with Crippen molar-refractivity contribution in [3.63, 3.8) is 0 Å². The molecule has 0 spiro atoms. The topological polar surface area (TPSA) is 150 Å². The molecule has 1 fully saturated rings. The fourth-order valence-electron chi connectivity index (χ4n) is 3.36. The molecule has 11 nitrogen and oxygen atoms in total. The van der Waals surface area contributed by atoms with E-state index in [1.165, 1.54) is 12.1 Å². The quantitative estimate of drug-likeness (QED) is 0.307. The van der Waals surface area contributed by atoms with Gasteiger partial charge in [-0.1, -0.05) is 12.1 Å². The number of carbonyl (C=O) groups is 4. The highest BCUT2D eigenvalue weighted by atomic mass is 16.6. The van der Waals surface area contributed by atoms with Crippen LogP contribution in [0.15, 0.2) is 29.3 Å². The third-order valence-electron chi connectivity index (χ3n) is 5.14. The van der Waals surface area contributed by atoms with Gasteiger partial charge in [0.2, 0.25) is 5.91 Å². The summed E-state index contributed by atoms with van der Waals surface area (Å²) in [4.78, 5) is 53.4. The van der Waals surface area contributed by atoms with Gasteiger partial charge in [-0.3, -0.25) is 9.59 Å². The average Bonchev–Trinajstić information content (AvgIpc) is 2.83. The Labute approximate surface area is 198 Å². The lowest BCUT2D eigenvalue weighted by Gasteiger charge is -2.33. The van der Waals surface area contributed by atoms with Crippen molar-refractivity contribution in [2.24, 2.45) is 10.7 Å². The zero-order chi connectivity index (χ0) is 25.1. The second kappa shape index (κ2) is 13.3. The van der Waals surface area contributed by atoms with Gasteiger partial charge in [0.1, 0.15) is 18.5 Å². The van der Waals surface area contributed by atoms with Crippen LogP contribution in [0.1, 0.15) is 49.5 Å². The molecular formula is C23H32N4O7. The molecular weight excluding hydrogens is 444 g/mol. The molecule has 1 aliphatic rings. The number of nitrogens with one attached hydrogen (secondary N) is 1. The molecule has 1 saturated heterocycles. The van der Waals surface area contributed by atoms with Gasteiger partial charge in [-0.05, 0) is 45.7 Å². The Kier molecular flexibility index (Phi) is 10.5. The molecule has 34 heavy (non-hydrogen) atoms. The molecule has 0 radical (unpaired) electrons. The van der Waals surface area contributed by atoms with Crippen molar-refractivity contribution < 1.29 is 33.4 Å². The lowest BCUT2D eigenvalue weighted by atomic mass is 10.1. The number of hydrogen-bond acceptors (Lipinski definition) is 7. The van der Waals surface area contributed by atoms with Gasteiger partial charge in [0.25, 0.3) is 5.91 Å². The van der Waals surface area contributed by atoms with E-state index >= 15 is 0 Å². The molecule has 1 heterocycles. The maximum absolute atomic E-state index is 12.7. The molecule has 11 heteroatoms. The van der Waals surface area contributed by atoms with Crippen molar-refractivity contribution >= 4 is 29.7 Å². The zero-order valence-electron chi connectivity index (χ0n) is 19.7. The molecule has 0 aliphatic carbocycles. The van der Waals surface area contributed by atoms with E-state index in [1.54, 1.807) is 37.8 Å². The van der Waals surface area contributed by atoms with Crippen LogP contribution in [0.4, 0.5) is 4.79 Å². The molecule has 1 aromatic rings. The van der Waals surface area contributed by atoms with E-state index in [9.17, 15) is 19.2 Å². The highest BCUT2D eigenvalue weighted by Gasteiger charge is 2.27. The lowest BCUT2D eigenvalue weighted by Crippen LogP contribution is -2.50. The maximum atomic E-state index is 12.7. The van der Waals surface area contributed by atoms with E-state index in [0.29, 0.717) is 43.7 Å².